The highest BCUT2D eigenvalue weighted by Crippen LogP contribution is 2.29. The van der Waals surface area contributed by atoms with E-state index in [0.29, 0.717) is 13.2 Å². The molecule has 1 aromatic carbocycles. The van der Waals surface area contributed by atoms with Crippen LogP contribution in [0.2, 0.25) is 0 Å². The third-order valence-corrected chi connectivity index (χ3v) is 7.15. The minimum atomic E-state index is -1.82. The number of nitrogens with zero attached hydrogens (tertiary/aromatic N) is 4. The molecule has 0 unspecified atom stereocenters. The predicted octanol–water partition coefficient (Wildman–Crippen LogP) is 2.96. The van der Waals surface area contributed by atoms with Gasteiger partial charge in [0, 0.05) is 25.4 Å². The van der Waals surface area contributed by atoms with E-state index in [1.165, 1.54) is 22.9 Å². The van der Waals surface area contributed by atoms with E-state index in [1.54, 1.807) is 11.8 Å². The van der Waals surface area contributed by atoms with Crippen LogP contribution in [0.5, 0.6) is 0 Å². The number of aromatic nitrogens is 2. The number of hydrogen-bond donors (Lipinski definition) is 2. The summed E-state index contributed by atoms with van der Waals surface area (Å²) in [5.74, 6) is -2.74. The Morgan fingerprint density at radius 3 is 2.63 bits per heavy atom. The molecule has 0 bridgehead atoms. The SMILES string of the molecule is CN1CCC=C(c2nsnc2SCCCN2C(=O)OC[C@@H]2Cc2ccccc2)C1.O=C(O)C(=O)O. The number of hydrogen-bond acceptors (Lipinski definition) is 9. The van der Waals surface area contributed by atoms with Crippen LogP contribution in [0.25, 0.3) is 5.57 Å². The monoisotopic (exact) mass is 520 g/mol. The van der Waals surface area contributed by atoms with E-state index in [1.807, 2.05) is 23.1 Å². The van der Waals surface area contributed by atoms with E-state index in [0.717, 1.165) is 48.8 Å². The Morgan fingerprint density at radius 2 is 1.94 bits per heavy atom. The van der Waals surface area contributed by atoms with Crippen LogP contribution in [0.1, 0.15) is 24.1 Å². The van der Waals surface area contributed by atoms with E-state index < -0.39 is 11.9 Å². The summed E-state index contributed by atoms with van der Waals surface area (Å²) in [6.45, 7) is 3.21. The van der Waals surface area contributed by atoms with Gasteiger partial charge >= 0.3 is 18.0 Å². The molecule has 35 heavy (non-hydrogen) atoms. The van der Waals surface area contributed by atoms with Crippen molar-refractivity contribution in [1.82, 2.24) is 18.5 Å². The molecule has 1 aromatic heterocycles. The van der Waals surface area contributed by atoms with Gasteiger partial charge in [-0.1, -0.05) is 36.4 Å². The Morgan fingerprint density at radius 1 is 1.20 bits per heavy atom. The first-order chi connectivity index (χ1) is 16.8. The summed E-state index contributed by atoms with van der Waals surface area (Å²) in [5, 5.41) is 15.8. The second kappa shape index (κ2) is 13.2. The minimum absolute atomic E-state index is 0.120. The number of benzene rings is 1. The first kappa shape index (κ1) is 26.6. The highest BCUT2D eigenvalue weighted by Gasteiger charge is 2.32. The van der Waals surface area contributed by atoms with Gasteiger partial charge < -0.3 is 24.7 Å². The van der Waals surface area contributed by atoms with Crippen molar-refractivity contribution >= 4 is 47.1 Å². The van der Waals surface area contributed by atoms with Gasteiger partial charge in [0.2, 0.25) is 0 Å². The molecule has 0 spiro atoms. The zero-order valence-electron chi connectivity index (χ0n) is 19.3. The molecule has 1 atom stereocenters. The summed E-state index contributed by atoms with van der Waals surface area (Å²) in [4.78, 5) is 34.5. The van der Waals surface area contributed by atoms with Gasteiger partial charge in [-0.3, -0.25) is 0 Å². The highest BCUT2D eigenvalue weighted by molar-refractivity contribution is 7.99. The van der Waals surface area contributed by atoms with Crippen LogP contribution in [-0.4, -0.2) is 91.9 Å². The molecule has 3 heterocycles. The zero-order chi connectivity index (χ0) is 25.2. The fourth-order valence-electron chi connectivity index (χ4n) is 3.76. The van der Waals surface area contributed by atoms with Gasteiger partial charge in [0.15, 0.2) is 0 Å². The summed E-state index contributed by atoms with van der Waals surface area (Å²) < 4.78 is 14.3. The van der Waals surface area contributed by atoms with Crippen molar-refractivity contribution in [2.75, 3.05) is 39.0 Å². The lowest BCUT2D eigenvalue weighted by atomic mass is 10.1. The lowest BCUT2D eigenvalue weighted by molar-refractivity contribution is -0.159. The van der Waals surface area contributed by atoms with Crippen LogP contribution >= 0.6 is 23.5 Å². The molecule has 2 aromatic rings. The van der Waals surface area contributed by atoms with E-state index in [9.17, 15) is 4.79 Å². The average Bonchev–Trinajstić information content (AvgIpc) is 3.44. The number of rotatable bonds is 8. The van der Waals surface area contributed by atoms with Crippen LogP contribution in [0.4, 0.5) is 4.79 Å². The van der Waals surface area contributed by atoms with Gasteiger partial charge in [0.1, 0.15) is 17.3 Å². The molecule has 1 saturated heterocycles. The Hall–Kier alpha value is -2.96. The molecule has 4 rings (SSSR count). The van der Waals surface area contributed by atoms with E-state index in [4.69, 9.17) is 24.5 Å². The Kier molecular flexibility index (Phi) is 10.1. The Balaban J connectivity index is 0.000000509. The minimum Gasteiger partial charge on any atom is -0.473 e. The highest BCUT2D eigenvalue weighted by atomic mass is 32.2. The largest absolute Gasteiger partial charge is 0.473 e. The van der Waals surface area contributed by atoms with Gasteiger partial charge in [-0.15, -0.1) is 11.8 Å². The number of likely N-dealkylation sites (N-methyl/N-ethyl adjacent to an activating group) is 1. The van der Waals surface area contributed by atoms with Crippen LogP contribution < -0.4 is 0 Å². The standard InChI is InChI=1S/C21H26N4O2S2.C2H2O4/c1-24-10-5-9-17(14-24)19-20(23-29-22-19)28-12-6-11-25-18(15-27-21(25)26)13-16-7-3-2-4-8-16;3-1(4)2(5)6/h2-4,7-9,18H,5-6,10-15H2,1H3;(H,3,4)(H,5,6)/t18-;/m0./s1. The molecule has 0 radical (unpaired) electrons. The number of carbonyl (C=O) groups excluding carboxylic acids is 1. The predicted molar refractivity (Wildman–Crippen MR) is 133 cm³/mol. The molecule has 12 heteroatoms. The van der Waals surface area contributed by atoms with Gasteiger partial charge in [-0.25, -0.2) is 14.4 Å². The van der Waals surface area contributed by atoms with E-state index >= 15 is 0 Å². The van der Waals surface area contributed by atoms with Gasteiger partial charge in [-0.05, 0) is 37.4 Å². The molecule has 2 N–H and O–H groups in total. The second-order valence-electron chi connectivity index (χ2n) is 8.10. The molecular weight excluding hydrogens is 492 g/mol. The molecule has 2 aliphatic heterocycles. The maximum atomic E-state index is 12.2. The maximum Gasteiger partial charge on any atom is 0.414 e. The Bertz CT molecular complexity index is 1030. The molecular formula is C23H28N4O6S2. The first-order valence-corrected chi connectivity index (χ1v) is 12.8. The number of cyclic esters (lactones) is 1. The number of amides is 1. The molecule has 2 aliphatic rings. The quantitative estimate of drug-likeness (QED) is 0.304. The lowest BCUT2D eigenvalue weighted by Gasteiger charge is -2.22. The summed E-state index contributed by atoms with van der Waals surface area (Å²) in [7, 11) is 2.14. The van der Waals surface area contributed by atoms with Gasteiger partial charge in [0.25, 0.3) is 0 Å². The normalized spacial score (nSPS) is 17.9. The molecule has 0 aliphatic carbocycles. The lowest BCUT2D eigenvalue weighted by Crippen LogP contribution is -2.36. The smallest absolute Gasteiger partial charge is 0.414 e. The maximum absolute atomic E-state index is 12.2. The summed E-state index contributed by atoms with van der Waals surface area (Å²) in [6.07, 6.45) is 4.90. The van der Waals surface area contributed by atoms with Crippen molar-refractivity contribution in [3.05, 3.63) is 47.7 Å². The fourth-order valence-corrected chi connectivity index (χ4v) is 5.39. The molecule has 0 saturated carbocycles. The topological polar surface area (TPSA) is 133 Å². The fraction of sp³-hybridized carbons (Fsp3) is 0.435. The summed E-state index contributed by atoms with van der Waals surface area (Å²) in [5.41, 5.74) is 3.55. The third-order valence-electron chi connectivity index (χ3n) is 5.46. The van der Waals surface area contributed by atoms with E-state index in [-0.39, 0.29) is 12.1 Å². The second-order valence-corrected chi connectivity index (χ2v) is 9.71. The van der Waals surface area contributed by atoms with Crippen LogP contribution in [-0.2, 0) is 20.7 Å². The Labute approximate surface area is 211 Å². The van der Waals surface area contributed by atoms with Crippen LogP contribution in [0, 0.1) is 0 Å². The summed E-state index contributed by atoms with van der Waals surface area (Å²) in [6, 6.07) is 10.4. The van der Waals surface area contributed by atoms with Crippen molar-refractivity contribution < 1.29 is 29.3 Å². The number of thioether (sulfide) groups is 1. The number of ether oxygens (including phenoxy) is 1. The molecule has 188 valence electrons. The number of carbonyl (C=O) groups is 3. The van der Waals surface area contributed by atoms with Gasteiger partial charge in [-0.2, -0.15) is 8.75 Å². The first-order valence-electron chi connectivity index (χ1n) is 11.1. The number of aliphatic carboxylic acids is 2. The number of carboxylic acids is 2. The zero-order valence-corrected chi connectivity index (χ0v) is 21.0. The van der Waals surface area contributed by atoms with Crippen molar-refractivity contribution in [2.24, 2.45) is 0 Å². The summed E-state index contributed by atoms with van der Waals surface area (Å²) >= 11 is 3.02. The van der Waals surface area contributed by atoms with Crippen LogP contribution in [0.3, 0.4) is 0 Å². The molecule has 10 nitrogen and oxygen atoms in total. The average molecular weight is 521 g/mol. The number of carboxylic acid groups (broad SMARTS) is 2. The van der Waals surface area contributed by atoms with Crippen molar-refractivity contribution in [3.8, 4) is 0 Å². The van der Waals surface area contributed by atoms with E-state index in [2.05, 4.69) is 38.9 Å². The third kappa shape index (κ3) is 8.05. The molecule has 1 fully saturated rings. The van der Waals surface area contributed by atoms with Crippen molar-refractivity contribution in [3.63, 3.8) is 0 Å². The van der Waals surface area contributed by atoms with Crippen LogP contribution in [0.15, 0.2) is 41.4 Å². The van der Waals surface area contributed by atoms with Crippen molar-refractivity contribution in [1.29, 1.82) is 0 Å². The molecule has 1 amide bonds. The van der Waals surface area contributed by atoms with Crippen molar-refractivity contribution in [2.45, 2.75) is 30.3 Å². The van der Waals surface area contributed by atoms with Gasteiger partial charge in [0.05, 0.1) is 17.8 Å².